The number of rotatable bonds is 7. The van der Waals surface area contributed by atoms with Gasteiger partial charge in [-0.3, -0.25) is 9.59 Å². The summed E-state index contributed by atoms with van der Waals surface area (Å²) in [6.07, 6.45) is 4.41. The van der Waals surface area contributed by atoms with Gasteiger partial charge in [0.05, 0.1) is 6.21 Å². The van der Waals surface area contributed by atoms with E-state index in [0.717, 1.165) is 26.6 Å². The minimum Gasteiger partial charge on any atom is -0.361 e. The Balaban J connectivity index is 1.39. The topological polar surface area (TPSA) is 86.3 Å². The lowest BCUT2D eigenvalue weighted by molar-refractivity contribution is -0.121. The van der Waals surface area contributed by atoms with Crippen LogP contribution in [0, 0.1) is 0 Å². The Morgan fingerprint density at radius 3 is 2.59 bits per heavy atom. The highest BCUT2D eigenvalue weighted by atomic mass is 79.9. The Morgan fingerprint density at radius 2 is 1.78 bits per heavy atom. The van der Waals surface area contributed by atoms with Crippen molar-refractivity contribution in [1.82, 2.24) is 10.4 Å². The number of anilines is 1. The van der Waals surface area contributed by atoms with E-state index < -0.39 is 0 Å². The Labute approximate surface area is 165 Å². The van der Waals surface area contributed by atoms with Crippen molar-refractivity contribution in [3.8, 4) is 0 Å². The number of hydrogen-bond donors (Lipinski definition) is 3. The molecular formula is C20H19BrN4O2. The van der Waals surface area contributed by atoms with Gasteiger partial charge in [-0.2, -0.15) is 5.10 Å². The maximum absolute atomic E-state index is 11.9. The molecule has 3 N–H and O–H groups in total. The van der Waals surface area contributed by atoms with Gasteiger partial charge in [0.25, 0.3) is 0 Å². The molecule has 1 aromatic heterocycles. The van der Waals surface area contributed by atoms with E-state index in [1.807, 2.05) is 54.7 Å². The van der Waals surface area contributed by atoms with Crippen LogP contribution in [-0.2, 0) is 9.59 Å². The molecule has 1 heterocycles. The van der Waals surface area contributed by atoms with Gasteiger partial charge >= 0.3 is 0 Å². The van der Waals surface area contributed by atoms with Gasteiger partial charge in [-0.25, -0.2) is 5.43 Å². The lowest BCUT2D eigenvalue weighted by Crippen LogP contribution is -2.18. The molecule has 0 radical (unpaired) electrons. The highest BCUT2D eigenvalue weighted by Crippen LogP contribution is 2.16. The molecule has 3 rings (SSSR count). The smallest absolute Gasteiger partial charge is 0.240 e. The van der Waals surface area contributed by atoms with Gasteiger partial charge < -0.3 is 10.3 Å². The Kier molecular flexibility index (Phi) is 6.38. The number of nitrogens with one attached hydrogen (secondary N) is 3. The number of H-pyrrole nitrogens is 1. The second-order valence-electron chi connectivity index (χ2n) is 5.99. The van der Waals surface area contributed by atoms with Crippen LogP contribution >= 0.6 is 15.9 Å². The third-order valence-corrected chi connectivity index (χ3v) is 4.48. The molecule has 0 aliphatic heterocycles. The number of para-hydroxylation sites is 1. The van der Waals surface area contributed by atoms with Crippen LogP contribution in [-0.4, -0.2) is 23.0 Å². The van der Waals surface area contributed by atoms with Crippen LogP contribution in [0.3, 0.4) is 0 Å². The zero-order valence-electron chi connectivity index (χ0n) is 14.5. The first-order valence-electron chi connectivity index (χ1n) is 8.55. The second-order valence-corrected chi connectivity index (χ2v) is 6.91. The number of hydrazone groups is 1. The van der Waals surface area contributed by atoms with Crippen LogP contribution in [0.5, 0.6) is 0 Å². The van der Waals surface area contributed by atoms with Crippen LogP contribution in [0.2, 0.25) is 0 Å². The van der Waals surface area contributed by atoms with Crippen LogP contribution in [0.15, 0.2) is 64.3 Å². The highest BCUT2D eigenvalue weighted by molar-refractivity contribution is 9.10. The lowest BCUT2D eigenvalue weighted by atomic mass is 10.2. The number of benzene rings is 2. The molecule has 27 heavy (non-hydrogen) atoms. The van der Waals surface area contributed by atoms with Gasteiger partial charge in [0.2, 0.25) is 11.8 Å². The minimum absolute atomic E-state index is 0.118. The molecule has 0 saturated heterocycles. The Bertz CT molecular complexity index is 964. The van der Waals surface area contributed by atoms with Gasteiger partial charge in [-0.05, 0) is 36.8 Å². The summed E-state index contributed by atoms with van der Waals surface area (Å²) in [7, 11) is 0. The summed E-state index contributed by atoms with van der Waals surface area (Å²) < 4.78 is 0.949. The summed E-state index contributed by atoms with van der Waals surface area (Å²) in [5.41, 5.74) is 5.15. The molecule has 2 amide bonds. The summed E-state index contributed by atoms with van der Waals surface area (Å²) in [4.78, 5) is 26.9. The largest absolute Gasteiger partial charge is 0.361 e. The van der Waals surface area contributed by atoms with Crippen molar-refractivity contribution in [2.45, 2.75) is 19.3 Å². The highest BCUT2D eigenvalue weighted by Gasteiger charge is 2.06. The molecule has 3 aromatic rings. The van der Waals surface area contributed by atoms with Gasteiger partial charge in [-0.15, -0.1) is 0 Å². The molecule has 0 bridgehead atoms. The fourth-order valence-electron chi connectivity index (χ4n) is 2.60. The first-order chi connectivity index (χ1) is 13.1. The number of amides is 2. The molecule has 7 heteroatoms. The van der Waals surface area contributed by atoms with Crippen LogP contribution in [0.25, 0.3) is 10.9 Å². The van der Waals surface area contributed by atoms with Crippen molar-refractivity contribution in [3.05, 3.63) is 64.8 Å². The van der Waals surface area contributed by atoms with E-state index in [9.17, 15) is 9.59 Å². The summed E-state index contributed by atoms with van der Waals surface area (Å²) in [6.45, 7) is 0. The number of aromatic nitrogens is 1. The summed E-state index contributed by atoms with van der Waals surface area (Å²) in [5.74, 6) is -0.338. The maximum atomic E-state index is 11.9. The van der Waals surface area contributed by atoms with Gasteiger partial charge in [-0.1, -0.05) is 34.1 Å². The number of nitrogens with zero attached hydrogens (tertiary/aromatic N) is 1. The molecule has 0 spiro atoms. The molecule has 0 saturated carbocycles. The van der Waals surface area contributed by atoms with E-state index in [1.54, 1.807) is 6.21 Å². The van der Waals surface area contributed by atoms with Gasteiger partial charge in [0.15, 0.2) is 0 Å². The number of hydrogen-bond acceptors (Lipinski definition) is 3. The van der Waals surface area contributed by atoms with Gasteiger partial charge in [0.1, 0.15) is 0 Å². The fourth-order valence-corrected chi connectivity index (χ4v) is 2.86. The van der Waals surface area contributed by atoms with Crippen LogP contribution in [0.1, 0.15) is 24.8 Å². The molecule has 0 fully saturated rings. The Morgan fingerprint density at radius 1 is 1.04 bits per heavy atom. The third kappa shape index (κ3) is 5.52. The predicted molar refractivity (Wildman–Crippen MR) is 111 cm³/mol. The van der Waals surface area contributed by atoms with E-state index in [1.165, 1.54) is 0 Å². The maximum Gasteiger partial charge on any atom is 0.240 e. The van der Waals surface area contributed by atoms with E-state index >= 15 is 0 Å². The van der Waals surface area contributed by atoms with Crippen molar-refractivity contribution < 1.29 is 9.59 Å². The number of fused-ring (bicyclic) bond motifs is 1. The van der Waals surface area contributed by atoms with E-state index in [-0.39, 0.29) is 24.7 Å². The fraction of sp³-hybridized carbons (Fsp3) is 0.150. The van der Waals surface area contributed by atoms with Crippen LogP contribution in [0.4, 0.5) is 5.69 Å². The molecule has 0 unspecified atom stereocenters. The molecule has 138 valence electrons. The SMILES string of the molecule is O=C(CCCC(=O)Nc1ccc(Br)cc1)NN=Cc1c[nH]c2ccccc12. The molecule has 0 aliphatic rings. The van der Waals surface area contributed by atoms with E-state index in [4.69, 9.17) is 0 Å². The van der Waals surface area contributed by atoms with Crippen molar-refractivity contribution >= 4 is 50.5 Å². The van der Waals surface area contributed by atoms with Gasteiger partial charge in [0, 0.05) is 45.7 Å². The minimum atomic E-state index is -0.220. The zero-order valence-corrected chi connectivity index (χ0v) is 16.1. The zero-order chi connectivity index (χ0) is 19.1. The monoisotopic (exact) mass is 426 g/mol. The summed E-state index contributed by atoms with van der Waals surface area (Å²) in [6, 6.07) is 15.2. The quantitative estimate of drug-likeness (QED) is 0.390. The average Bonchev–Trinajstić information content (AvgIpc) is 3.07. The lowest BCUT2D eigenvalue weighted by Gasteiger charge is -2.05. The molecular weight excluding hydrogens is 408 g/mol. The molecule has 6 nitrogen and oxygen atoms in total. The predicted octanol–water partition coefficient (Wildman–Crippen LogP) is 4.19. The van der Waals surface area contributed by atoms with Crippen LogP contribution < -0.4 is 10.7 Å². The van der Waals surface area contributed by atoms with E-state index in [2.05, 4.69) is 36.8 Å². The van der Waals surface area contributed by atoms with E-state index in [0.29, 0.717) is 6.42 Å². The number of aromatic amines is 1. The standard InChI is InChI=1S/C20H19BrN4O2/c21-15-8-10-16(11-9-15)24-19(26)6-3-7-20(27)25-23-13-14-12-22-18-5-2-1-4-17(14)18/h1-2,4-5,8-13,22H,3,6-7H2,(H,24,26)(H,25,27). The van der Waals surface area contributed by atoms with Crippen molar-refractivity contribution in [2.75, 3.05) is 5.32 Å². The molecule has 2 aromatic carbocycles. The Hall–Kier alpha value is -2.93. The van der Waals surface area contributed by atoms with Crippen molar-refractivity contribution in [2.24, 2.45) is 5.10 Å². The van der Waals surface area contributed by atoms with Crippen molar-refractivity contribution in [1.29, 1.82) is 0 Å². The summed E-state index contributed by atoms with van der Waals surface area (Å²) in [5, 5.41) is 7.83. The number of carbonyl (C=O) groups excluding carboxylic acids is 2. The first kappa shape index (κ1) is 18.8. The summed E-state index contributed by atoms with van der Waals surface area (Å²) >= 11 is 3.34. The number of halogens is 1. The molecule has 0 aliphatic carbocycles. The average molecular weight is 427 g/mol. The normalized spacial score (nSPS) is 11.0. The molecule has 0 atom stereocenters. The number of carbonyl (C=O) groups is 2. The first-order valence-corrected chi connectivity index (χ1v) is 9.34. The van der Waals surface area contributed by atoms with Crippen molar-refractivity contribution in [3.63, 3.8) is 0 Å². The second kappa shape index (κ2) is 9.14. The third-order valence-electron chi connectivity index (χ3n) is 3.95.